The number of nitrogens with two attached hydrogens (primary N) is 1. The molecule has 0 saturated carbocycles. The molecule has 1 atom stereocenters. The summed E-state index contributed by atoms with van der Waals surface area (Å²) < 4.78 is 12.8. The smallest absolute Gasteiger partial charge is 0.225 e. The van der Waals surface area contributed by atoms with E-state index >= 15 is 0 Å². The van der Waals surface area contributed by atoms with Gasteiger partial charge in [0.15, 0.2) is 0 Å². The van der Waals surface area contributed by atoms with E-state index in [2.05, 4.69) is 5.32 Å². The molecule has 1 amide bonds. The van der Waals surface area contributed by atoms with Crippen LogP contribution in [0.1, 0.15) is 26.2 Å². The van der Waals surface area contributed by atoms with Crippen molar-refractivity contribution in [3.8, 4) is 0 Å². The summed E-state index contributed by atoms with van der Waals surface area (Å²) in [5.74, 6) is -0.540. The number of hydrogen-bond acceptors (Lipinski definition) is 2. The molecule has 0 saturated heterocycles. The summed E-state index contributed by atoms with van der Waals surface area (Å²) in [4.78, 5) is 11.5. The molecule has 3 nitrogen and oxygen atoms in total. The van der Waals surface area contributed by atoms with Crippen molar-refractivity contribution in [1.82, 2.24) is 0 Å². The first-order valence-corrected chi connectivity index (χ1v) is 5.42. The van der Waals surface area contributed by atoms with Gasteiger partial charge in [-0.2, -0.15) is 0 Å². The van der Waals surface area contributed by atoms with Crippen LogP contribution >= 0.6 is 0 Å². The van der Waals surface area contributed by atoms with Gasteiger partial charge in [0.2, 0.25) is 5.91 Å². The molecular weight excluding hydrogens is 207 g/mol. The molecule has 0 aliphatic carbocycles. The molecule has 88 valence electrons. The normalized spacial score (nSPS) is 12.2. The van der Waals surface area contributed by atoms with E-state index < -0.39 is 0 Å². The molecule has 1 aromatic rings. The molecule has 4 heteroatoms. The standard InChI is InChI=1S/C12H17FN2O/c1-2-4-10(14)8-12(16)15-11-6-3-5-9(13)7-11/h3,5-7,10H,2,4,8,14H2,1H3,(H,15,16). The van der Waals surface area contributed by atoms with E-state index in [-0.39, 0.29) is 24.2 Å². The Labute approximate surface area is 94.8 Å². The Morgan fingerprint density at radius 2 is 2.31 bits per heavy atom. The summed E-state index contributed by atoms with van der Waals surface area (Å²) in [6.45, 7) is 2.02. The monoisotopic (exact) mass is 224 g/mol. The van der Waals surface area contributed by atoms with Crippen LogP contribution in [0.4, 0.5) is 10.1 Å². The third-order valence-corrected chi connectivity index (χ3v) is 2.22. The third-order valence-electron chi connectivity index (χ3n) is 2.22. The number of carbonyl (C=O) groups is 1. The number of carbonyl (C=O) groups excluding carboxylic acids is 1. The van der Waals surface area contributed by atoms with Crippen LogP contribution in [0, 0.1) is 5.82 Å². The zero-order valence-electron chi connectivity index (χ0n) is 9.37. The minimum absolute atomic E-state index is 0.126. The Balaban J connectivity index is 2.45. The van der Waals surface area contributed by atoms with E-state index in [1.165, 1.54) is 12.1 Å². The molecular formula is C12H17FN2O. The van der Waals surface area contributed by atoms with Gasteiger partial charge in [-0.3, -0.25) is 4.79 Å². The van der Waals surface area contributed by atoms with E-state index in [1.807, 2.05) is 6.92 Å². The number of amides is 1. The van der Waals surface area contributed by atoms with Crippen molar-refractivity contribution in [2.45, 2.75) is 32.2 Å². The van der Waals surface area contributed by atoms with Gasteiger partial charge in [0, 0.05) is 18.2 Å². The maximum atomic E-state index is 12.8. The van der Waals surface area contributed by atoms with Crippen LogP contribution in [-0.4, -0.2) is 11.9 Å². The van der Waals surface area contributed by atoms with Gasteiger partial charge < -0.3 is 11.1 Å². The first-order valence-electron chi connectivity index (χ1n) is 5.42. The molecule has 0 fully saturated rings. The Kier molecular flexibility index (Phi) is 4.92. The van der Waals surface area contributed by atoms with Crippen LogP contribution in [0.2, 0.25) is 0 Å². The second-order valence-electron chi connectivity index (χ2n) is 3.81. The first-order chi connectivity index (χ1) is 7.61. The summed E-state index contributed by atoms with van der Waals surface area (Å²) in [6.07, 6.45) is 2.04. The quantitative estimate of drug-likeness (QED) is 0.806. The maximum Gasteiger partial charge on any atom is 0.225 e. The molecule has 0 aliphatic heterocycles. The zero-order chi connectivity index (χ0) is 12.0. The summed E-state index contributed by atoms with van der Waals surface area (Å²) in [7, 11) is 0. The second-order valence-corrected chi connectivity index (χ2v) is 3.81. The number of anilines is 1. The van der Waals surface area contributed by atoms with Crippen LogP contribution in [0.15, 0.2) is 24.3 Å². The highest BCUT2D eigenvalue weighted by Crippen LogP contribution is 2.10. The SMILES string of the molecule is CCCC(N)CC(=O)Nc1cccc(F)c1. The lowest BCUT2D eigenvalue weighted by Gasteiger charge is -2.10. The fraction of sp³-hybridized carbons (Fsp3) is 0.417. The van der Waals surface area contributed by atoms with Crippen molar-refractivity contribution < 1.29 is 9.18 Å². The molecule has 0 bridgehead atoms. The van der Waals surface area contributed by atoms with E-state index in [4.69, 9.17) is 5.73 Å². The highest BCUT2D eigenvalue weighted by molar-refractivity contribution is 5.91. The number of nitrogens with one attached hydrogen (secondary N) is 1. The van der Waals surface area contributed by atoms with Crippen LogP contribution in [0.3, 0.4) is 0 Å². The van der Waals surface area contributed by atoms with Crippen LogP contribution < -0.4 is 11.1 Å². The summed E-state index contributed by atoms with van der Waals surface area (Å²) in [5, 5.41) is 2.61. The Hall–Kier alpha value is -1.42. The van der Waals surface area contributed by atoms with Crippen molar-refractivity contribution in [3.05, 3.63) is 30.1 Å². The van der Waals surface area contributed by atoms with Crippen molar-refractivity contribution in [2.75, 3.05) is 5.32 Å². The summed E-state index contributed by atoms with van der Waals surface area (Å²) in [6, 6.07) is 5.68. The predicted octanol–water partition coefficient (Wildman–Crippen LogP) is 2.28. The second kappa shape index (κ2) is 6.23. The van der Waals surface area contributed by atoms with Gasteiger partial charge in [-0.05, 0) is 24.6 Å². The van der Waals surface area contributed by atoms with E-state index in [0.717, 1.165) is 12.8 Å². The Morgan fingerprint density at radius 3 is 2.94 bits per heavy atom. The van der Waals surface area contributed by atoms with Gasteiger partial charge in [0.1, 0.15) is 5.82 Å². The van der Waals surface area contributed by atoms with Gasteiger partial charge in [0.25, 0.3) is 0 Å². The van der Waals surface area contributed by atoms with Crippen LogP contribution in [0.5, 0.6) is 0 Å². The zero-order valence-corrected chi connectivity index (χ0v) is 9.37. The van der Waals surface area contributed by atoms with E-state index in [1.54, 1.807) is 12.1 Å². The molecule has 0 heterocycles. The minimum Gasteiger partial charge on any atom is -0.327 e. The fourth-order valence-corrected chi connectivity index (χ4v) is 1.49. The average molecular weight is 224 g/mol. The molecule has 0 aromatic heterocycles. The van der Waals surface area contributed by atoms with Crippen LogP contribution in [0.25, 0.3) is 0 Å². The molecule has 0 aliphatic rings. The lowest BCUT2D eigenvalue weighted by atomic mass is 10.1. The first kappa shape index (κ1) is 12.6. The molecule has 3 N–H and O–H groups in total. The molecule has 0 spiro atoms. The molecule has 16 heavy (non-hydrogen) atoms. The van der Waals surface area contributed by atoms with Crippen molar-refractivity contribution in [2.24, 2.45) is 5.73 Å². The Bertz CT molecular complexity index is 355. The summed E-state index contributed by atoms with van der Waals surface area (Å²) >= 11 is 0. The van der Waals surface area contributed by atoms with Crippen molar-refractivity contribution >= 4 is 11.6 Å². The molecule has 0 radical (unpaired) electrons. The highest BCUT2D eigenvalue weighted by atomic mass is 19.1. The van der Waals surface area contributed by atoms with E-state index in [0.29, 0.717) is 5.69 Å². The van der Waals surface area contributed by atoms with E-state index in [9.17, 15) is 9.18 Å². The topological polar surface area (TPSA) is 55.1 Å². The van der Waals surface area contributed by atoms with Gasteiger partial charge in [0.05, 0.1) is 0 Å². The van der Waals surface area contributed by atoms with Crippen LogP contribution in [-0.2, 0) is 4.79 Å². The highest BCUT2D eigenvalue weighted by Gasteiger charge is 2.08. The molecule has 1 unspecified atom stereocenters. The van der Waals surface area contributed by atoms with Gasteiger partial charge in [-0.25, -0.2) is 4.39 Å². The molecule has 1 aromatic carbocycles. The largest absolute Gasteiger partial charge is 0.327 e. The van der Waals surface area contributed by atoms with Gasteiger partial charge in [-0.1, -0.05) is 19.4 Å². The lowest BCUT2D eigenvalue weighted by Crippen LogP contribution is -2.26. The minimum atomic E-state index is -0.365. The van der Waals surface area contributed by atoms with Gasteiger partial charge in [-0.15, -0.1) is 0 Å². The fourth-order valence-electron chi connectivity index (χ4n) is 1.49. The third kappa shape index (κ3) is 4.40. The Morgan fingerprint density at radius 1 is 1.56 bits per heavy atom. The lowest BCUT2D eigenvalue weighted by molar-refractivity contribution is -0.116. The maximum absolute atomic E-state index is 12.8. The predicted molar refractivity (Wildman–Crippen MR) is 62.5 cm³/mol. The van der Waals surface area contributed by atoms with Gasteiger partial charge >= 0.3 is 0 Å². The van der Waals surface area contributed by atoms with Crippen molar-refractivity contribution in [1.29, 1.82) is 0 Å². The summed E-state index contributed by atoms with van der Waals surface area (Å²) in [5.41, 5.74) is 6.20. The number of halogens is 1. The number of benzene rings is 1. The number of hydrogen-bond donors (Lipinski definition) is 2. The average Bonchev–Trinajstić information content (AvgIpc) is 2.17. The number of rotatable bonds is 5. The van der Waals surface area contributed by atoms with Crippen molar-refractivity contribution in [3.63, 3.8) is 0 Å². The molecule has 1 rings (SSSR count).